The van der Waals surface area contributed by atoms with Crippen LogP contribution in [0.15, 0.2) is 29.2 Å². The third kappa shape index (κ3) is 8.48. The average Bonchev–Trinajstić information content (AvgIpc) is 2.36. The number of hydrogen-bond acceptors (Lipinski definition) is 3. The van der Waals surface area contributed by atoms with Crippen molar-refractivity contribution in [3.8, 4) is 0 Å². The summed E-state index contributed by atoms with van der Waals surface area (Å²) in [4.78, 5) is 1.32. The SMILES string of the molecule is CC.CCSc1ccc(CN)cc1.CO. The standard InChI is InChI=1S/C9H13NS.C2H6.CH4O/c1-2-11-9-5-3-8(7-10)4-6-9;2*1-2/h3-6H,2,7,10H2,1H3;1-2H3;2H,1H3. The molecule has 0 radical (unpaired) electrons. The van der Waals surface area contributed by atoms with E-state index in [0.717, 1.165) is 12.9 Å². The Morgan fingerprint density at radius 2 is 1.60 bits per heavy atom. The van der Waals surface area contributed by atoms with Gasteiger partial charge in [0.25, 0.3) is 0 Å². The first-order valence-corrected chi connectivity index (χ1v) is 6.22. The zero-order chi connectivity index (χ0) is 12.1. The van der Waals surface area contributed by atoms with Crippen LogP contribution >= 0.6 is 11.8 Å². The highest BCUT2D eigenvalue weighted by Gasteiger charge is 1.91. The number of thioether (sulfide) groups is 1. The van der Waals surface area contributed by atoms with Gasteiger partial charge in [0, 0.05) is 18.6 Å². The van der Waals surface area contributed by atoms with Crippen LogP contribution in [0.5, 0.6) is 0 Å². The third-order valence-corrected chi connectivity index (χ3v) is 2.36. The lowest BCUT2D eigenvalue weighted by Gasteiger charge is -1.99. The predicted molar refractivity (Wildman–Crippen MR) is 70.2 cm³/mol. The second kappa shape index (κ2) is 13.5. The summed E-state index contributed by atoms with van der Waals surface area (Å²) in [5.74, 6) is 1.13. The molecule has 0 aliphatic rings. The Hall–Kier alpha value is -0.510. The molecule has 0 aliphatic heterocycles. The van der Waals surface area contributed by atoms with E-state index in [1.165, 1.54) is 10.5 Å². The van der Waals surface area contributed by atoms with Crippen LogP contribution in [0.2, 0.25) is 0 Å². The summed E-state index contributed by atoms with van der Waals surface area (Å²) in [6.45, 7) is 6.79. The van der Waals surface area contributed by atoms with E-state index >= 15 is 0 Å². The number of nitrogens with two attached hydrogens (primary N) is 1. The average molecular weight is 229 g/mol. The molecule has 3 heteroatoms. The Morgan fingerprint density at radius 3 is 1.93 bits per heavy atom. The van der Waals surface area contributed by atoms with Crippen LogP contribution in [0.4, 0.5) is 0 Å². The summed E-state index contributed by atoms with van der Waals surface area (Å²) in [6, 6.07) is 8.41. The highest BCUT2D eigenvalue weighted by atomic mass is 32.2. The van der Waals surface area contributed by atoms with Crippen LogP contribution in [-0.2, 0) is 6.54 Å². The van der Waals surface area contributed by atoms with Gasteiger partial charge in [0.1, 0.15) is 0 Å². The second-order valence-corrected chi connectivity index (χ2v) is 3.62. The number of benzene rings is 1. The lowest BCUT2D eigenvalue weighted by molar-refractivity contribution is 0.399. The minimum atomic E-state index is 0.636. The molecule has 15 heavy (non-hydrogen) atoms. The van der Waals surface area contributed by atoms with Crippen LogP contribution in [0.25, 0.3) is 0 Å². The molecule has 3 N–H and O–H groups in total. The van der Waals surface area contributed by atoms with E-state index < -0.39 is 0 Å². The molecule has 88 valence electrons. The number of aliphatic hydroxyl groups excluding tert-OH is 1. The van der Waals surface area contributed by atoms with Crippen molar-refractivity contribution in [2.45, 2.75) is 32.2 Å². The Kier molecular flexibility index (Phi) is 15.2. The summed E-state index contributed by atoms with van der Waals surface area (Å²) in [6.07, 6.45) is 0. The highest BCUT2D eigenvalue weighted by molar-refractivity contribution is 7.99. The molecule has 0 spiro atoms. The van der Waals surface area contributed by atoms with Gasteiger partial charge < -0.3 is 10.8 Å². The molecule has 2 nitrogen and oxygen atoms in total. The van der Waals surface area contributed by atoms with Crippen LogP contribution in [-0.4, -0.2) is 18.0 Å². The minimum absolute atomic E-state index is 0.636. The van der Waals surface area contributed by atoms with E-state index in [-0.39, 0.29) is 0 Å². The summed E-state index contributed by atoms with van der Waals surface area (Å²) in [7, 11) is 1.00. The van der Waals surface area contributed by atoms with Gasteiger partial charge in [-0.2, -0.15) is 0 Å². The molecule has 0 fully saturated rings. The van der Waals surface area contributed by atoms with Crippen molar-refractivity contribution in [1.29, 1.82) is 0 Å². The van der Waals surface area contributed by atoms with Gasteiger partial charge in [-0.15, -0.1) is 11.8 Å². The van der Waals surface area contributed by atoms with Crippen molar-refractivity contribution < 1.29 is 5.11 Å². The van der Waals surface area contributed by atoms with Gasteiger partial charge in [0.05, 0.1) is 0 Å². The maximum atomic E-state index is 7.00. The van der Waals surface area contributed by atoms with E-state index in [1.807, 2.05) is 25.6 Å². The number of hydrogen-bond donors (Lipinski definition) is 2. The summed E-state index contributed by atoms with van der Waals surface area (Å²) < 4.78 is 0. The second-order valence-electron chi connectivity index (χ2n) is 2.28. The zero-order valence-electron chi connectivity index (χ0n) is 10.2. The third-order valence-electron chi connectivity index (χ3n) is 1.47. The summed E-state index contributed by atoms with van der Waals surface area (Å²) >= 11 is 1.85. The Morgan fingerprint density at radius 1 is 1.13 bits per heavy atom. The lowest BCUT2D eigenvalue weighted by atomic mass is 10.2. The Labute approximate surface area is 97.9 Å². The lowest BCUT2D eigenvalue weighted by Crippen LogP contribution is -1.94. The van der Waals surface area contributed by atoms with Crippen molar-refractivity contribution in [3.05, 3.63) is 29.8 Å². The molecule has 0 aliphatic carbocycles. The van der Waals surface area contributed by atoms with Gasteiger partial charge in [-0.3, -0.25) is 0 Å². The van der Waals surface area contributed by atoms with Gasteiger partial charge in [0.15, 0.2) is 0 Å². The Balaban J connectivity index is 0. The fourth-order valence-corrected chi connectivity index (χ4v) is 1.55. The van der Waals surface area contributed by atoms with Gasteiger partial charge >= 0.3 is 0 Å². The quantitative estimate of drug-likeness (QED) is 0.783. The summed E-state index contributed by atoms with van der Waals surface area (Å²) in [5.41, 5.74) is 6.67. The largest absolute Gasteiger partial charge is 0.400 e. The van der Waals surface area contributed by atoms with Crippen LogP contribution in [0.1, 0.15) is 26.3 Å². The fourth-order valence-electron chi connectivity index (χ4n) is 0.888. The topological polar surface area (TPSA) is 46.2 Å². The molecule has 1 rings (SSSR count). The van der Waals surface area contributed by atoms with Gasteiger partial charge in [-0.1, -0.05) is 32.9 Å². The van der Waals surface area contributed by atoms with Gasteiger partial charge in [-0.25, -0.2) is 0 Å². The van der Waals surface area contributed by atoms with Crippen molar-refractivity contribution in [2.24, 2.45) is 5.73 Å². The maximum absolute atomic E-state index is 7.00. The van der Waals surface area contributed by atoms with Crippen molar-refractivity contribution >= 4 is 11.8 Å². The van der Waals surface area contributed by atoms with E-state index in [0.29, 0.717) is 6.54 Å². The normalized spacial score (nSPS) is 8.13. The first-order valence-electron chi connectivity index (χ1n) is 5.23. The first-order chi connectivity index (χ1) is 7.36. The molecule has 1 aromatic rings. The zero-order valence-corrected chi connectivity index (χ0v) is 11.0. The van der Waals surface area contributed by atoms with E-state index in [2.05, 4.69) is 31.2 Å². The van der Waals surface area contributed by atoms with E-state index in [9.17, 15) is 0 Å². The fraction of sp³-hybridized carbons (Fsp3) is 0.500. The molecule has 0 atom stereocenters. The molecule has 0 aromatic heterocycles. The predicted octanol–water partition coefficient (Wildman–Crippen LogP) is 2.89. The minimum Gasteiger partial charge on any atom is -0.400 e. The van der Waals surface area contributed by atoms with Crippen molar-refractivity contribution in [1.82, 2.24) is 0 Å². The molecule has 1 aromatic carbocycles. The molecule has 0 unspecified atom stereocenters. The number of aliphatic hydroxyl groups is 1. The van der Waals surface area contributed by atoms with E-state index in [4.69, 9.17) is 10.8 Å². The summed E-state index contributed by atoms with van der Waals surface area (Å²) in [5, 5.41) is 7.00. The highest BCUT2D eigenvalue weighted by Crippen LogP contribution is 2.17. The molecule has 0 saturated carbocycles. The molecule has 0 amide bonds. The molecule has 0 saturated heterocycles. The van der Waals surface area contributed by atoms with Crippen molar-refractivity contribution in [2.75, 3.05) is 12.9 Å². The molecular weight excluding hydrogens is 206 g/mol. The first kappa shape index (κ1) is 16.9. The van der Waals surface area contributed by atoms with Gasteiger partial charge in [0.2, 0.25) is 0 Å². The smallest absolute Gasteiger partial charge is 0.0319 e. The molecule has 0 heterocycles. The van der Waals surface area contributed by atoms with E-state index in [1.54, 1.807) is 0 Å². The van der Waals surface area contributed by atoms with Gasteiger partial charge in [-0.05, 0) is 23.4 Å². The molecule has 0 bridgehead atoms. The monoisotopic (exact) mass is 229 g/mol. The Bertz CT molecular complexity index is 211. The number of rotatable bonds is 3. The van der Waals surface area contributed by atoms with Crippen LogP contribution < -0.4 is 5.73 Å². The van der Waals surface area contributed by atoms with Crippen LogP contribution in [0.3, 0.4) is 0 Å². The van der Waals surface area contributed by atoms with Crippen LogP contribution in [0, 0.1) is 0 Å². The molecular formula is C12H23NOS. The van der Waals surface area contributed by atoms with Crippen molar-refractivity contribution in [3.63, 3.8) is 0 Å². The maximum Gasteiger partial charge on any atom is 0.0319 e.